The molecule has 0 aliphatic carbocycles. The molecule has 3 aromatic rings. The highest BCUT2D eigenvalue weighted by Gasteiger charge is 2.16. The minimum absolute atomic E-state index is 0.286. The van der Waals surface area contributed by atoms with Crippen molar-refractivity contribution in [2.24, 2.45) is 22.9 Å². The number of aromatic nitrogens is 2. The average molecular weight is 313 g/mol. The maximum absolute atomic E-state index is 5.50. The zero-order valence-electron chi connectivity index (χ0n) is 12.4. The Kier molecular flexibility index (Phi) is 3.88. The molecule has 0 aliphatic rings. The smallest absolute Gasteiger partial charge is 0.345 e. The van der Waals surface area contributed by atoms with Crippen LogP contribution < -0.4 is 15.6 Å². The number of hydrazone groups is 1. The van der Waals surface area contributed by atoms with Crippen LogP contribution in [0.3, 0.4) is 0 Å². The van der Waals surface area contributed by atoms with Crippen molar-refractivity contribution >= 4 is 28.5 Å². The molecular formula is C15H17N6S+. The van der Waals surface area contributed by atoms with Gasteiger partial charge < -0.3 is 5.73 Å². The number of nitrogens with two attached hydrogens (primary N) is 1. The highest BCUT2D eigenvalue weighted by Crippen LogP contribution is 2.21. The molecule has 22 heavy (non-hydrogen) atoms. The highest BCUT2D eigenvalue weighted by atomic mass is 32.1. The molecule has 0 aliphatic heterocycles. The minimum atomic E-state index is 0.286. The lowest BCUT2D eigenvalue weighted by Crippen LogP contribution is -2.26. The van der Waals surface area contributed by atoms with Gasteiger partial charge in [-0.25, -0.2) is 9.99 Å². The number of aliphatic imine (C=N–C) groups is 1. The zero-order valence-corrected chi connectivity index (χ0v) is 13.2. The van der Waals surface area contributed by atoms with E-state index in [4.69, 9.17) is 5.73 Å². The van der Waals surface area contributed by atoms with Gasteiger partial charge in [-0.3, -0.25) is 4.99 Å². The molecule has 0 spiro atoms. The molecule has 0 amide bonds. The van der Waals surface area contributed by atoms with E-state index in [1.165, 1.54) is 10.7 Å². The summed E-state index contributed by atoms with van der Waals surface area (Å²) in [6.45, 7) is 0. The van der Waals surface area contributed by atoms with Gasteiger partial charge in [-0.2, -0.15) is 9.50 Å². The molecule has 0 bridgehead atoms. The summed E-state index contributed by atoms with van der Waals surface area (Å²) < 4.78 is 4.32. The van der Waals surface area contributed by atoms with Crippen molar-refractivity contribution in [3.05, 3.63) is 47.6 Å². The Labute approximate surface area is 132 Å². The maximum atomic E-state index is 5.50. The van der Waals surface area contributed by atoms with Crippen LogP contribution >= 0.6 is 11.3 Å². The number of fused-ring (bicyclic) bond motifs is 1. The highest BCUT2D eigenvalue weighted by molar-refractivity contribution is 7.14. The number of benzene rings is 1. The van der Waals surface area contributed by atoms with Crippen molar-refractivity contribution < 1.29 is 4.40 Å². The fourth-order valence-electron chi connectivity index (χ4n) is 2.18. The van der Waals surface area contributed by atoms with Gasteiger partial charge in [-0.1, -0.05) is 23.5 Å². The number of hydrogen-bond acceptors (Lipinski definition) is 3. The van der Waals surface area contributed by atoms with E-state index in [1.54, 1.807) is 24.6 Å². The first-order valence-corrected chi connectivity index (χ1v) is 7.63. The standard InChI is InChI=1S/C15H17N6S/c1-17-14(16)19-18-9-11-3-5-12(6-4-11)13-10-21-7-8-22-15(21)20(13)2/h3-10H,1-2H3,(H3,16,17,19)/q+1/b18-9-. The Morgan fingerprint density at radius 1 is 1.36 bits per heavy atom. The Morgan fingerprint density at radius 3 is 2.82 bits per heavy atom. The largest absolute Gasteiger partial charge is 0.369 e. The van der Waals surface area contributed by atoms with Crippen LogP contribution in [0.5, 0.6) is 0 Å². The number of hydrogen-bond donors (Lipinski definition) is 2. The Morgan fingerprint density at radius 2 is 2.14 bits per heavy atom. The molecular weight excluding hydrogens is 296 g/mol. The second-order valence-corrected chi connectivity index (χ2v) is 5.64. The molecule has 112 valence electrons. The van der Waals surface area contributed by atoms with Crippen molar-refractivity contribution in [1.82, 2.24) is 9.99 Å². The van der Waals surface area contributed by atoms with E-state index < -0.39 is 0 Å². The van der Waals surface area contributed by atoms with Crippen LogP contribution in [0.2, 0.25) is 0 Å². The number of aryl methyl sites for hydroxylation is 1. The summed E-state index contributed by atoms with van der Waals surface area (Å²) in [7, 11) is 3.68. The van der Waals surface area contributed by atoms with Gasteiger partial charge in [0.05, 0.1) is 13.3 Å². The molecule has 0 fully saturated rings. The Balaban J connectivity index is 1.82. The third kappa shape index (κ3) is 2.71. The summed E-state index contributed by atoms with van der Waals surface area (Å²) in [5, 5.41) is 6.10. The molecule has 7 heteroatoms. The van der Waals surface area contributed by atoms with E-state index in [-0.39, 0.29) is 5.96 Å². The predicted octanol–water partition coefficient (Wildman–Crippen LogP) is 1.36. The lowest BCUT2D eigenvalue weighted by Gasteiger charge is -1.99. The summed E-state index contributed by atoms with van der Waals surface area (Å²) in [5.74, 6) is 0.286. The molecule has 0 unspecified atom stereocenters. The molecule has 0 saturated heterocycles. The topological polar surface area (TPSA) is 71.8 Å². The van der Waals surface area contributed by atoms with Gasteiger partial charge >= 0.3 is 4.96 Å². The molecule has 6 nitrogen and oxygen atoms in total. The number of guanidine groups is 1. The van der Waals surface area contributed by atoms with Gasteiger partial charge in [0.2, 0.25) is 5.96 Å². The fraction of sp³-hybridized carbons (Fsp3) is 0.133. The summed E-state index contributed by atoms with van der Waals surface area (Å²) >= 11 is 1.72. The van der Waals surface area contributed by atoms with Crippen molar-refractivity contribution in [2.45, 2.75) is 0 Å². The van der Waals surface area contributed by atoms with Gasteiger partial charge in [0.25, 0.3) is 0 Å². The number of nitrogens with zero attached hydrogens (tertiary/aromatic N) is 4. The first kappa shape index (κ1) is 14.3. The van der Waals surface area contributed by atoms with Gasteiger partial charge in [0.1, 0.15) is 12.4 Å². The van der Waals surface area contributed by atoms with Crippen LogP contribution in [0.4, 0.5) is 0 Å². The molecule has 2 heterocycles. The average Bonchev–Trinajstić information content (AvgIpc) is 3.11. The zero-order chi connectivity index (χ0) is 15.5. The van der Waals surface area contributed by atoms with E-state index in [1.807, 2.05) is 12.1 Å². The van der Waals surface area contributed by atoms with Crippen molar-refractivity contribution in [1.29, 1.82) is 0 Å². The van der Waals surface area contributed by atoms with E-state index in [9.17, 15) is 0 Å². The van der Waals surface area contributed by atoms with Crippen molar-refractivity contribution in [3.8, 4) is 11.3 Å². The quantitative estimate of drug-likeness (QED) is 0.332. The van der Waals surface area contributed by atoms with Gasteiger partial charge in [-0.15, -0.1) is 0 Å². The summed E-state index contributed by atoms with van der Waals surface area (Å²) in [6.07, 6.45) is 5.91. The normalized spacial score (nSPS) is 12.4. The van der Waals surface area contributed by atoms with E-state index in [2.05, 4.69) is 61.4 Å². The van der Waals surface area contributed by atoms with Crippen LogP contribution in [0.25, 0.3) is 16.2 Å². The fourth-order valence-corrected chi connectivity index (χ4v) is 2.99. The Bertz CT molecular complexity index is 841. The molecule has 0 atom stereocenters. The van der Waals surface area contributed by atoms with Gasteiger partial charge in [-0.05, 0) is 17.7 Å². The third-order valence-electron chi connectivity index (χ3n) is 3.37. The number of nitrogens with one attached hydrogen (secondary N) is 1. The first-order valence-electron chi connectivity index (χ1n) is 6.75. The summed E-state index contributed by atoms with van der Waals surface area (Å²) in [4.78, 5) is 4.97. The second kappa shape index (κ2) is 5.98. The van der Waals surface area contributed by atoms with Gasteiger partial charge in [0, 0.05) is 18.0 Å². The summed E-state index contributed by atoms with van der Waals surface area (Å²) in [5.41, 5.74) is 11.5. The first-order chi connectivity index (χ1) is 10.7. The molecule has 2 aromatic heterocycles. The number of imidazole rings is 1. The SMILES string of the molecule is CN=C(N)N/N=C\c1ccc(-c2c[n+]3ccsc3n2C)cc1. The number of rotatable bonds is 3. The lowest BCUT2D eigenvalue weighted by atomic mass is 10.1. The van der Waals surface area contributed by atoms with Crippen molar-refractivity contribution in [3.63, 3.8) is 0 Å². The minimum Gasteiger partial charge on any atom is -0.369 e. The van der Waals surface area contributed by atoms with Crippen LogP contribution in [-0.2, 0) is 7.05 Å². The monoisotopic (exact) mass is 313 g/mol. The van der Waals surface area contributed by atoms with Crippen LogP contribution in [0.1, 0.15) is 5.56 Å². The maximum Gasteiger partial charge on any atom is 0.345 e. The lowest BCUT2D eigenvalue weighted by molar-refractivity contribution is -0.505. The third-order valence-corrected chi connectivity index (χ3v) is 4.32. The van der Waals surface area contributed by atoms with Crippen LogP contribution in [0.15, 0.2) is 52.1 Å². The molecule has 3 rings (SSSR count). The van der Waals surface area contributed by atoms with Gasteiger partial charge in [0.15, 0.2) is 5.69 Å². The van der Waals surface area contributed by atoms with Crippen molar-refractivity contribution in [2.75, 3.05) is 7.05 Å². The second-order valence-electron chi connectivity index (χ2n) is 4.77. The van der Waals surface area contributed by atoms with Crippen LogP contribution in [0, 0.1) is 0 Å². The predicted molar refractivity (Wildman–Crippen MR) is 90.2 cm³/mol. The number of thiazole rings is 1. The molecule has 1 aromatic carbocycles. The van der Waals surface area contributed by atoms with E-state index >= 15 is 0 Å². The summed E-state index contributed by atoms with van der Waals surface area (Å²) in [6, 6.07) is 8.20. The van der Waals surface area contributed by atoms with E-state index in [0.29, 0.717) is 0 Å². The Hall–Kier alpha value is -2.67. The van der Waals surface area contributed by atoms with Crippen LogP contribution in [-0.4, -0.2) is 23.8 Å². The molecule has 3 N–H and O–H groups in total. The molecule has 0 radical (unpaired) electrons. The molecule has 0 saturated carbocycles. The van der Waals surface area contributed by atoms with E-state index in [0.717, 1.165) is 11.1 Å².